The number of fused-ring (bicyclic) bond motifs is 1. The van der Waals surface area contributed by atoms with Crippen molar-refractivity contribution < 1.29 is 4.74 Å². The molecule has 0 aliphatic carbocycles. The first-order valence-corrected chi connectivity index (χ1v) is 8.82. The van der Waals surface area contributed by atoms with E-state index in [2.05, 4.69) is 17.0 Å². The number of ether oxygens (including phenoxy) is 1. The fourth-order valence-electron chi connectivity index (χ4n) is 1.96. The van der Waals surface area contributed by atoms with E-state index in [0.717, 1.165) is 38.5 Å². The smallest absolute Gasteiger partial charge is 0.213 e. The molecule has 2 aromatic heterocycles. The molecule has 0 atom stereocenters. The van der Waals surface area contributed by atoms with Gasteiger partial charge in [-0.25, -0.2) is 9.50 Å². The molecule has 0 aliphatic rings. The van der Waals surface area contributed by atoms with E-state index in [1.165, 1.54) is 0 Å². The maximum absolute atomic E-state index is 5.46. The Morgan fingerprint density at radius 3 is 2.71 bits per heavy atom. The van der Waals surface area contributed by atoms with E-state index in [9.17, 15) is 0 Å². The molecule has 0 spiro atoms. The fourth-order valence-corrected chi connectivity index (χ4v) is 3.81. The van der Waals surface area contributed by atoms with Crippen LogP contribution in [0.2, 0.25) is 0 Å². The average Bonchev–Trinajstić information content (AvgIpc) is 3.04. The molecule has 0 aliphatic heterocycles. The Balaban J connectivity index is 1.82. The van der Waals surface area contributed by atoms with E-state index in [1.807, 2.05) is 41.9 Å². The van der Waals surface area contributed by atoms with E-state index in [1.54, 1.807) is 23.1 Å². The zero-order valence-electron chi connectivity index (χ0n) is 12.1. The van der Waals surface area contributed by atoms with Gasteiger partial charge in [0.25, 0.3) is 0 Å². The molecular formula is C15H17N3OS2. The van der Waals surface area contributed by atoms with Crippen molar-refractivity contribution in [2.45, 2.75) is 24.6 Å². The van der Waals surface area contributed by atoms with Gasteiger partial charge in [-0.1, -0.05) is 30.0 Å². The zero-order chi connectivity index (χ0) is 14.7. The normalized spacial score (nSPS) is 11.1. The van der Waals surface area contributed by atoms with Gasteiger partial charge in [0.15, 0.2) is 4.34 Å². The van der Waals surface area contributed by atoms with Crippen LogP contribution in [0.15, 0.2) is 34.8 Å². The minimum atomic E-state index is 0.682. The molecule has 0 N–H and O–H groups in total. The second-order valence-electron chi connectivity index (χ2n) is 4.53. The molecule has 0 radical (unpaired) electrons. The molecule has 21 heavy (non-hydrogen) atoms. The molecule has 3 aromatic rings. The predicted octanol–water partition coefficient (Wildman–Crippen LogP) is 4.36. The summed E-state index contributed by atoms with van der Waals surface area (Å²) in [6.07, 6.45) is 3.14. The Morgan fingerprint density at radius 1 is 1.24 bits per heavy atom. The van der Waals surface area contributed by atoms with Gasteiger partial charge in [-0.3, -0.25) is 0 Å². The first-order valence-electron chi connectivity index (χ1n) is 7.02. The summed E-state index contributed by atoms with van der Waals surface area (Å²) in [4.78, 5) is 5.59. The highest BCUT2D eigenvalue weighted by molar-refractivity contribution is 8.01. The second kappa shape index (κ2) is 6.49. The number of hydrogen-bond acceptors (Lipinski definition) is 5. The number of hydrogen-bond donors (Lipinski definition) is 0. The third-order valence-corrected chi connectivity index (χ3v) is 5.18. The number of aromatic nitrogens is 3. The minimum absolute atomic E-state index is 0.682. The lowest BCUT2D eigenvalue weighted by Crippen LogP contribution is -1.90. The Hall–Kier alpha value is -1.53. The maximum atomic E-state index is 5.46. The van der Waals surface area contributed by atoms with Crippen molar-refractivity contribution in [1.29, 1.82) is 0 Å². The summed E-state index contributed by atoms with van der Waals surface area (Å²) in [5, 5.41) is 4.55. The van der Waals surface area contributed by atoms with Crippen LogP contribution in [0.25, 0.3) is 16.2 Å². The van der Waals surface area contributed by atoms with Gasteiger partial charge in [0.1, 0.15) is 5.75 Å². The van der Waals surface area contributed by atoms with Gasteiger partial charge >= 0.3 is 0 Å². The highest BCUT2D eigenvalue weighted by Gasteiger charge is 2.10. The van der Waals surface area contributed by atoms with E-state index in [-0.39, 0.29) is 0 Å². The first kappa shape index (κ1) is 14.4. The number of imidazole rings is 1. The van der Waals surface area contributed by atoms with Crippen molar-refractivity contribution in [3.8, 4) is 17.0 Å². The zero-order valence-corrected chi connectivity index (χ0v) is 13.7. The number of nitrogens with zero attached hydrogens (tertiary/aromatic N) is 3. The summed E-state index contributed by atoms with van der Waals surface area (Å²) in [6, 6.07) is 8.01. The SMILES string of the molecule is CCCSc1nn2cc(-c3ccc(OCC)cc3)nc2s1. The third kappa shape index (κ3) is 3.22. The van der Waals surface area contributed by atoms with Crippen molar-refractivity contribution in [3.63, 3.8) is 0 Å². The molecule has 0 saturated carbocycles. The van der Waals surface area contributed by atoms with Crippen molar-refractivity contribution in [3.05, 3.63) is 30.5 Å². The monoisotopic (exact) mass is 319 g/mol. The summed E-state index contributed by atoms with van der Waals surface area (Å²) >= 11 is 3.43. The van der Waals surface area contributed by atoms with Gasteiger partial charge in [-0.2, -0.15) is 0 Å². The predicted molar refractivity (Wildman–Crippen MR) is 88.5 cm³/mol. The molecule has 6 heteroatoms. The summed E-state index contributed by atoms with van der Waals surface area (Å²) in [5.41, 5.74) is 2.03. The van der Waals surface area contributed by atoms with Crippen molar-refractivity contribution in [1.82, 2.24) is 14.6 Å². The third-order valence-electron chi connectivity index (χ3n) is 2.92. The summed E-state index contributed by atoms with van der Waals surface area (Å²) < 4.78 is 8.41. The van der Waals surface area contributed by atoms with Gasteiger partial charge in [0, 0.05) is 11.3 Å². The lowest BCUT2D eigenvalue weighted by molar-refractivity contribution is 0.340. The van der Waals surface area contributed by atoms with E-state index in [4.69, 9.17) is 4.74 Å². The van der Waals surface area contributed by atoms with Crippen LogP contribution in [0, 0.1) is 0 Å². The maximum Gasteiger partial charge on any atom is 0.213 e. The molecule has 0 fully saturated rings. The van der Waals surface area contributed by atoms with Crippen LogP contribution in [0.4, 0.5) is 0 Å². The van der Waals surface area contributed by atoms with Crippen LogP contribution in [-0.4, -0.2) is 27.0 Å². The van der Waals surface area contributed by atoms with Gasteiger partial charge in [-0.05, 0) is 37.6 Å². The first-order chi connectivity index (χ1) is 10.3. The quantitative estimate of drug-likeness (QED) is 0.633. The van der Waals surface area contributed by atoms with Crippen LogP contribution in [-0.2, 0) is 0 Å². The van der Waals surface area contributed by atoms with Crippen LogP contribution in [0.3, 0.4) is 0 Å². The Morgan fingerprint density at radius 2 is 2.05 bits per heavy atom. The fraction of sp³-hybridized carbons (Fsp3) is 0.333. The highest BCUT2D eigenvalue weighted by atomic mass is 32.2. The molecular weight excluding hydrogens is 302 g/mol. The lowest BCUT2D eigenvalue weighted by Gasteiger charge is -2.02. The van der Waals surface area contributed by atoms with Crippen molar-refractivity contribution in [2.24, 2.45) is 0 Å². The molecule has 3 rings (SSSR count). The van der Waals surface area contributed by atoms with Gasteiger partial charge in [0.05, 0.1) is 18.5 Å². The van der Waals surface area contributed by atoms with Gasteiger partial charge in [-0.15, -0.1) is 5.10 Å². The molecule has 0 unspecified atom stereocenters. The summed E-state index contributed by atoms with van der Waals surface area (Å²) in [7, 11) is 0. The molecule has 2 heterocycles. The lowest BCUT2D eigenvalue weighted by atomic mass is 10.2. The van der Waals surface area contributed by atoms with E-state index >= 15 is 0 Å². The largest absolute Gasteiger partial charge is 0.494 e. The van der Waals surface area contributed by atoms with E-state index < -0.39 is 0 Å². The standard InChI is InChI=1S/C15H17N3OS2/c1-3-9-20-15-17-18-10-13(16-14(18)21-15)11-5-7-12(8-6-11)19-4-2/h5-8,10H,3-4,9H2,1-2H3. The Kier molecular flexibility index (Phi) is 4.45. The van der Waals surface area contributed by atoms with Gasteiger partial charge < -0.3 is 4.74 Å². The second-order valence-corrected chi connectivity index (χ2v) is 6.83. The number of thioether (sulfide) groups is 1. The number of benzene rings is 1. The Labute approximate surface area is 132 Å². The van der Waals surface area contributed by atoms with Crippen LogP contribution in [0.5, 0.6) is 5.75 Å². The highest BCUT2D eigenvalue weighted by Crippen LogP contribution is 2.28. The Bertz CT molecular complexity index is 687. The summed E-state index contributed by atoms with van der Waals surface area (Å²) in [5.74, 6) is 1.99. The summed E-state index contributed by atoms with van der Waals surface area (Å²) in [6.45, 7) is 4.84. The van der Waals surface area contributed by atoms with Crippen LogP contribution < -0.4 is 4.74 Å². The van der Waals surface area contributed by atoms with E-state index in [0.29, 0.717) is 6.61 Å². The van der Waals surface area contributed by atoms with Crippen LogP contribution >= 0.6 is 23.1 Å². The average molecular weight is 319 g/mol. The molecule has 1 aromatic carbocycles. The molecule has 0 amide bonds. The van der Waals surface area contributed by atoms with Gasteiger partial charge in [0.2, 0.25) is 4.96 Å². The minimum Gasteiger partial charge on any atom is -0.494 e. The molecule has 110 valence electrons. The topological polar surface area (TPSA) is 39.4 Å². The molecule has 0 saturated heterocycles. The van der Waals surface area contributed by atoms with Crippen LogP contribution in [0.1, 0.15) is 20.3 Å². The van der Waals surface area contributed by atoms with Crippen molar-refractivity contribution >= 4 is 28.1 Å². The molecule has 4 nitrogen and oxygen atoms in total. The van der Waals surface area contributed by atoms with Crippen molar-refractivity contribution in [2.75, 3.05) is 12.4 Å². The number of rotatable bonds is 6. The molecule has 0 bridgehead atoms.